The van der Waals surface area contributed by atoms with Crippen molar-refractivity contribution in [2.24, 2.45) is 7.05 Å². The van der Waals surface area contributed by atoms with E-state index in [-0.39, 0.29) is 5.02 Å². The second-order valence-electron chi connectivity index (χ2n) is 4.51. The topological polar surface area (TPSA) is 46.5 Å². The first-order chi connectivity index (χ1) is 10.0. The van der Waals surface area contributed by atoms with Crippen LogP contribution in [0.25, 0.3) is 22.6 Å². The van der Waals surface area contributed by atoms with Crippen molar-refractivity contribution in [2.45, 2.75) is 0 Å². The fourth-order valence-corrected chi connectivity index (χ4v) is 2.45. The van der Waals surface area contributed by atoms with Gasteiger partial charge in [0, 0.05) is 24.4 Å². The first-order valence-corrected chi connectivity index (χ1v) is 6.87. The number of H-pyrrole nitrogens is 1. The maximum Gasteiger partial charge on any atom is 0.140 e. The fraction of sp³-hybridized carbons (Fsp3) is 0.0714. The number of nitrogens with one attached hydrogen (secondary N) is 1. The number of halogens is 2. The van der Waals surface area contributed by atoms with E-state index in [1.165, 1.54) is 12.1 Å². The summed E-state index contributed by atoms with van der Waals surface area (Å²) < 4.78 is 15.3. The molecule has 0 atom stereocenters. The van der Waals surface area contributed by atoms with Crippen LogP contribution in [0.15, 0.2) is 36.7 Å². The molecule has 3 rings (SSSR count). The first-order valence-electron chi connectivity index (χ1n) is 6.09. The largest absolute Gasteiger partial charge is 0.339 e. The van der Waals surface area contributed by atoms with E-state index in [9.17, 15) is 4.39 Å². The van der Waals surface area contributed by atoms with Crippen LogP contribution in [-0.2, 0) is 7.05 Å². The molecule has 0 saturated heterocycles. The average molecular weight is 321 g/mol. The molecule has 4 nitrogen and oxygen atoms in total. The minimum atomic E-state index is -0.397. The Balaban J connectivity index is 2.16. The van der Waals surface area contributed by atoms with Gasteiger partial charge in [-0.3, -0.25) is 4.68 Å². The van der Waals surface area contributed by atoms with Gasteiger partial charge in [0.05, 0.1) is 16.9 Å². The van der Waals surface area contributed by atoms with Crippen LogP contribution in [-0.4, -0.2) is 19.7 Å². The zero-order valence-electron chi connectivity index (χ0n) is 11.0. The Hall–Kier alpha value is -2.05. The van der Waals surface area contributed by atoms with Crippen molar-refractivity contribution in [3.63, 3.8) is 0 Å². The van der Waals surface area contributed by atoms with Gasteiger partial charge in [-0.25, -0.2) is 9.37 Å². The molecule has 0 radical (unpaired) electrons. The maximum absolute atomic E-state index is 13.1. The molecule has 0 saturated carbocycles. The summed E-state index contributed by atoms with van der Waals surface area (Å²) in [6.07, 6.45) is 3.58. The van der Waals surface area contributed by atoms with Gasteiger partial charge in [0.25, 0.3) is 0 Å². The number of hydrogen-bond acceptors (Lipinski definition) is 3. The zero-order chi connectivity index (χ0) is 15.0. The molecule has 106 valence electrons. The van der Waals surface area contributed by atoms with Gasteiger partial charge < -0.3 is 4.98 Å². The third-order valence-electron chi connectivity index (χ3n) is 2.95. The summed E-state index contributed by atoms with van der Waals surface area (Å²) in [5, 5.41) is 4.40. The van der Waals surface area contributed by atoms with Gasteiger partial charge in [0.15, 0.2) is 0 Å². The van der Waals surface area contributed by atoms with Crippen molar-refractivity contribution in [1.29, 1.82) is 0 Å². The Kier molecular flexibility index (Phi) is 3.57. The summed E-state index contributed by atoms with van der Waals surface area (Å²) in [5.41, 5.74) is 2.25. The molecular formula is C14H10ClFN4S. The van der Waals surface area contributed by atoms with Gasteiger partial charge in [0.1, 0.15) is 16.3 Å². The smallest absolute Gasteiger partial charge is 0.140 e. The van der Waals surface area contributed by atoms with Crippen molar-refractivity contribution >= 4 is 23.8 Å². The number of aryl methyl sites for hydroxylation is 1. The highest BCUT2D eigenvalue weighted by molar-refractivity contribution is 7.71. The molecular weight excluding hydrogens is 311 g/mol. The number of benzene rings is 1. The molecule has 0 aliphatic carbocycles. The van der Waals surface area contributed by atoms with Gasteiger partial charge in [-0.15, -0.1) is 0 Å². The average Bonchev–Trinajstić information content (AvgIpc) is 2.84. The molecule has 3 aromatic rings. The lowest BCUT2D eigenvalue weighted by molar-refractivity contribution is 0.628. The van der Waals surface area contributed by atoms with E-state index in [1.54, 1.807) is 23.0 Å². The molecule has 2 aromatic heterocycles. The van der Waals surface area contributed by atoms with Crippen molar-refractivity contribution in [2.75, 3.05) is 0 Å². The molecule has 0 amide bonds. The molecule has 0 spiro atoms. The highest BCUT2D eigenvalue weighted by Gasteiger charge is 2.09. The minimum absolute atomic E-state index is 0.275. The Morgan fingerprint density at radius 2 is 2.14 bits per heavy atom. The van der Waals surface area contributed by atoms with E-state index in [0.717, 1.165) is 11.3 Å². The number of rotatable bonds is 2. The van der Waals surface area contributed by atoms with Crippen LogP contribution >= 0.6 is 23.8 Å². The number of aromatic nitrogens is 4. The molecule has 0 bridgehead atoms. The van der Waals surface area contributed by atoms with Gasteiger partial charge >= 0.3 is 0 Å². The highest BCUT2D eigenvalue weighted by atomic mass is 35.5. The van der Waals surface area contributed by atoms with Crippen molar-refractivity contribution < 1.29 is 4.39 Å². The van der Waals surface area contributed by atoms with Crippen molar-refractivity contribution in [1.82, 2.24) is 19.7 Å². The normalized spacial score (nSPS) is 10.8. The number of hydrogen-bond donors (Lipinski definition) is 1. The standard InChI is InChI=1S/C14H10ClFN4S/c1-20-7-8(6-17-20)12-5-13(21)19-14(18-12)10-3-2-9(16)4-11(10)15/h2-7H,1H3,(H,18,19,21). The van der Waals surface area contributed by atoms with E-state index in [4.69, 9.17) is 23.8 Å². The van der Waals surface area contributed by atoms with E-state index in [0.29, 0.717) is 16.0 Å². The quantitative estimate of drug-likeness (QED) is 0.726. The summed E-state index contributed by atoms with van der Waals surface area (Å²) in [6.45, 7) is 0. The highest BCUT2D eigenvalue weighted by Crippen LogP contribution is 2.27. The molecule has 2 heterocycles. The maximum atomic E-state index is 13.1. The van der Waals surface area contributed by atoms with Crippen LogP contribution in [0.5, 0.6) is 0 Å². The molecule has 7 heteroatoms. The molecule has 1 aromatic carbocycles. The summed E-state index contributed by atoms with van der Waals surface area (Å²) in [7, 11) is 1.83. The summed E-state index contributed by atoms with van der Waals surface area (Å²) in [4.78, 5) is 7.41. The van der Waals surface area contributed by atoms with Crippen LogP contribution in [0.2, 0.25) is 5.02 Å². The van der Waals surface area contributed by atoms with Crippen LogP contribution in [0.4, 0.5) is 4.39 Å². The van der Waals surface area contributed by atoms with Gasteiger partial charge in [-0.1, -0.05) is 23.8 Å². The van der Waals surface area contributed by atoms with Crippen LogP contribution in [0.3, 0.4) is 0 Å². The SMILES string of the molecule is Cn1cc(-c2cc(=S)nc(-c3ccc(F)cc3Cl)[nH]2)cn1. The van der Waals surface area contributed by atoms with Gasteiger partial charge in [-0.05, 0) is 24.3 Å². The molecule has 1 N–H and O–H groups in total. The van der Waals surface area contributed by atoms with Crippen LogP contribution in [0.1, 0.15) is 0 Å². The fourth-order valence-electron chi connectivity index (χ4n) is 1.98. The van der Waals surface area contributed by atoms with E-state index in [1.807, 2.05) is 13.2 Å². The predicted octanol–water partition coefficient (Wildman–Crippen LogP) is 4.00. The van der Waals surface area contributed by atoms with Crippen LogP contribution in [0, 0.1) is 10.5 Å². The van der Waals surface area contributed by atoms with Crippen LogP contribution < -0.4 is 0 Å². The molecule has 21 heavy (non-hydrogen) atoms. The Bertz CT molecular complexity index is 871. The van der Waals surface area contributed by atoms with Gasteiger partial charge in [-0.2, -0.15) is 5.10 Å². The molecule has 0 fully saturated rings. The van der Waals surface area contributed by atoms with Crippen molar-refractivity contribution in [3.8, 4) is 22.6 Å². The van der Waals surface area contributed by atoms with E-state index >= 15 is 0 Å². The second kappa shape index (κ2) is 5.38. The lowest BCUT2D eigenvalue weighted by Crippen LogP contribution is -1.93. The number of aromatic amines is 1. The third-order valence-corrected chi connectivity index (χ3v) is 3.47. The predicted molar refractivity (Wildman–Crippen MR) is 82.0 cm³/mol. The second-order valence-corrected chi connectivity index (χ2v) is 5.33. The molecule has 0 unspecified atom stereocenters. The summed E-state index contributed by atoms with van der Waals surface area (Å²) in [6, 6.07) is 5.88. The monoisotopic (exact) mass is 320 g/mol. The van der Waals surface area contributed by atoms with E-state index in [2.05, 4.69) is 15.1 Å². The molecule has 0 aliphatic heterocycles. The Morgan fingerprint density at radius 1 is 1.33 bits per heavy atom. The van der Waals surface area contributed by atoms with Crippen molar-refractivity contribution in [3.05, 3.63) is 52.1 Å². The van der Waals surface area contributed by atoms with E-state index < -0.39 is 5.82 Å². The Morgan fingerprint density at radius 3 is 2.81 bits per heavy atom. The zero-order valence-corrected chi connectivity index (χ0v) is 12.5. The number of nitrogens with zero attached hydrogens (tertiary/aromatic N) is 3. The summed E-state index contributed by atoms with van der Waals surface area (Å²) >= 11 is 11.3. The Labute approximate surface area is 130 Å². The third kappa shape index (κ3) is 2.86. The lowest BCUT2D eigenvalue weighted by Gasteiger charge is -2.06. The lowest BCUT2D eigenvalue weighted by atomic mass is 10.2. The minimum Gasteiger partial charge on any atom is -0.339 e. The first kappa shape index (κ1) is 13.9. The summed E-state index contributed by atoms with van der Waals surface area (Å²) in [5.74, 6) is 0.0945. The van der Waals surface area contributed by atoms with Gasteiger partial charge in [0.2, 0.25) is 0 Å². The molecule has 0 aliphatic rings.